The highest BCUT2D eigenvalue weighted by atomic mass is 15.2. The van der Waals surface area contributed by atoms with Gasteiger partial charge in [0, 0.05) is 12.1 Å². The van der Waals surface area contributed by atoms with Crippen LogP contribution < -0.4 is 0 Å². The summed E-state index contributed by atoms with van der Waals surface area (Å²) in [5, 5.41) is 4.40. The summed E-state index contributed by atoms with van der Waals surface area (Å²) in [6.45, 7) is 7.59. The average Bonchev–Trinajstić information content (AvgIpc) is 3.07. The van der Waals surface area contributed by atoms with Crippen LogP contribution in [0.1, 0.15) is 56.2 Å². The van der Waals surface area contributed by atoms with E-state index in [0.29, 0.717) is 5.92 Å². The molecule has 0 bridgehead atoms. The molecule has 2 aromatic heterocycles. The van der Waals surface area contributed by atoms with Gasteiger partial charge in [-0.1, -0.05) is 87.5 Å². The Hall–Kier alpha value is -2.86. The molecule has 3 rings (SSSR count). The maximum Gasteiger partial charge on any atom is 0.171 e. The first kappa shape index (κ1) is 18.9. The molecule has 3 nitrogen and oxygen atoms in total. The predicted molar refractivity (Wildman–Crippen MR) is 113 cm³/mol. The summed E-state index contributed by atoms with van der Waals surface area (Å²) in [6, 6.07) is 1.95. The third-order valence-corrected chi connectivity index (χ3v) is 4.92. The Kier molecular flexibility index (Phi) is 6.82. The van der Waals surface area contributed by atoms with E-state index >= 15 is 0 Å². The van der Waals surface area contributed by atoms with Crippen LogP contribution in [0.2, 0.25) is 0 Å². The van der Waals surface area contributed by atoms with Crippen molar-refractivity contribution in [1.29, 1.82) is 0 Å². The van der Waals surface area contributed by atoms with Crippen LogP contribution in [0.5, 0.6) is 0 Å². The minimum atomic E-state index is 0.496. The van der Waals surface area contributed by atoms with E-state index in [-0.39, 0.29) is 0 Å². The van der Waals surface area contributed by atoms with Crippen LogP contribution >= 0.6 is 0 Å². The Labute approximate surface area is 162 Å². The number of hydrogen-bond donors (Lipinski definition) is 0. The van der Waals surface area contributed by atoms with E-state index in [1.165, 1.54) is 44.9 Å². The van der Waals surface area contributed by atoms with Gasteiger partial charge < -0.3 is 0 Å². The SMILES string of the molecule is C=C/C=C\C=C(/C=C)c1ccn2ncc(C#CC3CCCCCCC3)c2n1. The molecule has 1 saturated carbocycles. The lowest BCUT2D eigenvalue weighted by molar-refractivity contribution is 0.444. The van der Waals surface area contributed by atoms with Gasteiger partial charge in [-0.2, -0.15) is 5.10 Å². The van der Waals surface area contributed by atoms with Crippen LogP contribution in [-0.4, -0.2) is 14.6 Å². The molecule has 1 aliphatic rings. The molecular weight excluding hydrogens is 330 g/mol. The normalized spacial score (nSPS) is 16.5. The topological polar surface area (TPSA) is 30.2 Å². The monoisotopic (exact) mass is 357 g/mol. The fourth-order valence-corrected chi connectivity index (χ4v) is 3.39. The highest BCUT2D eigenvalue weighted by Crippen LogP contribution is 2.22. The molecule has 0 spiro atoms. The lowest BCUT2D eigenvalue weighted by atomic mass is 9.91. The predicted octanol–water partition coefficient (Wildman–Crippen LogP) is 5.75. The summed E-state index contributed by atoms with van der Waals surface area (Å²) in [4.78, 5) is 4.78. The van der Waals surface area contributed by atoms with Gasteiger partial charge in [-0.25, -0.2) is 9.50 Å². The van der Waals surface area contributed by atoms with E-state index in [2.05, 4.69) is 30.1 Å². The lowest BCUT2D eigenvalue weighted by Crippen LogP contribution is -2.01. The highest BCUT2D eigenvalue weighted by Gasteiger charge is 2.10. The Morgan fingerprint density at radius 2 is 1.89 bits per heavy atom. The Balaban J connectivity index is 1.88. The molecule has 0 amide bonds. The van der Waals surface area contributed by atoms with Gasteiger partial charge in [0.25, 0.3) is 0 Å². The van der Waals surface area contributed by atoms with Gasteiger partial charge in [-0.15, -0.1) is 0 Å². The van der Waals surface area contributed by atoms with Gasteiger partial charge in [0.05, 0.1) is 17.5 Å². The quantitative estimate of drug-likeness (QED) is 0.515. The van der Waals surface area contributed by atoms with Crippen LogP contribution in [0, 0.1) is 17.8 Å². The van der Waals surface area contributed by atoms with Gasteiger partial charge in [0.15, 0.2) is 5.65 Å². The van der Waals surface area contributed by atoms with Crippen molar-refractivity contribution >= 4 is 11.2 Å². The molecule has 0 saturated heterocycles. The molecule has 3 heteroatoms. The lowest BCUT2D eigenvalue weighted by Gasteiger charge is -2.13. The fourth-order valence-electron chi connectivity index (χ4n) is 3.39. The average molecular weight is 358 g/mol. The standard InChI is InChI=1S/C24H27N3/c1-3-5-9-14-21(4-2)23-17-18-27-24(26-23)22(19-25-27)16-15-20-12-10-7-6-8-11-13-20/h3-5,9,14,17-20H,1-2,6-8,10-13H2/b9-5-,21-14+. The molecule has 0 atom stereocenters. The van der Waals surface area contributed by atoms with E-state index in [4.69, 9.17) is 4.98 Å². The third kappa shape index (κ3) is 5.08. The Bertz CT molecular complexity index is 910. The van der Waals surface area contributed by atoms with Gasteiger partial charge in [0.1, 0.15) is 0 Å². The molecule has 0 aromatic carbocycles. The molecule has 2 aromatic rings. The Morgan fingerprint density at radius 1 is 1.11 bits per heavy atom. The van der Waals surface area contributed by atoms with Crippen molar-refractivity contribution < 1.29 is 0 Å². The number of aromatic nitrogens is 3. The molecular formula is C24H27N3. The van der Waals surface area contributed by atoms with Gasteiger partial charge >= 0.3 is 0 Å². The molecule has 1 aliphatic carbocycles. The van der Waals surface area contributed by atoms with Crippen LogP contribution in [0.15, 0.2) is 62.0 Å². The first-order valence-electron chi connectivity index (χ1n) is 9.80. The number of rotatable bonds is 4. The largest absolute Gasteiger partial charge is 0.227 e. The summed E-state index contributed by atoms with van der Waals surface area (Å²) < 4.78 is 1.78. The van der Waals surface area contributed by atoms with Crippen molar-refractivity contribution in [3.63, 3.8) is 0 Å². The molecule has 1 fully saturated rings. The van der Waals surface area contributed by atoms with Crippen molar-refractivity contribution in [1.82, 2.24) is 14.6 Å². The van der Waals surface area contributed by atoms with Crippen molar-refractivity contribution in [2.24, 2.45) is 5.92 Å². The van der Waals surface area contributed by atoms with Crippen LogP contribution in [0.4, 0.5) is 0 Å². The van der Waals surface area contributed by atoms with Gasteiger partial charge in [-0.3, -0.25) is 0 Å². The molecule has 0 aliphatic heterocycles. The molecule has 138 valence electrons. The van der Waals surface area contributed by atoms with Crippen LogP contribution in [0.3, 0.4) is 0 Å². The molecule has 2 heterocycles. The van der Waals surface area contributed by atoms with E-state index < -0.39 is 0 Å². The third-order valence-electron chi connectivity index (χ3n) is 4.92. The van der Waals surface area contributed by atoms with Crippen molar-refractivity contribution in [2.45, 2.75) is 44.9 Å². The summed E-state index contributed by atoms with van der Waals surface area (Å²) in [5.41, 5.74) is 3.51. The van der Waals surface area contributed by atoms with Gasteiger partial charge in [-0.05, 0) is 24.5 Å². The molecule has 0 unspecified atom stereocenters. The minimum absolute atomic E-state index is 0.496. The zero-order chi connectivity index (χ0) is 18.9. The Morgan fingerprint density at radius 3 is 2.63 bits per heavy atom. The van der Waals surface area contributed by atoms with Crippen LogP contribution in [-0.2, 0) is 0 Å². The smallest absolute Gasteiger partial charge is 0.171 e. The number of hydrogen-bond acceptors (Lipinski definition) is 2. The summed E-state index contributed by atoms with van der Waals surface area (Å²) >= 11 is 0. The van der Waals surface area contributed by atoms with Crippen molar-refractivity contribution in [3.8, 4) is 11.8 Å². The minimum Gasteiger partial charge on any atom is -0.227 e. The molecule has 0 radical (unpaired) electrons. The second-order valence-electron chi connectivity index (χ2n) is 6.90. The first-order valence-corrected chi connectivity index (χ1v) is 9.80. The number of allylic oxidation sites excluding steroid dienone is 6. The first-order chi connectivity index (χ1) is 13.3. The number of fused-ring (bicyclic) bond motifs is 1. The summed E-state index contributed by atoms with van der Waals surface area (Å²) in [7, 11) is 0. The maximum atomic E-state index is 4.78. The van der Waals surface area contributed by atoms with Crippen molar-refractivity contribution in [3.05, 3.63) is 73.3 Å². The summed E-state index contributed by atoms with van der Waals surface area (Å²) in [6.07, 6.45) is 22.2. The van der Waals surface area contributed by atoms with E-state index in [0.717, 1.165) is 22.5 Å². The second-order valence-corrected chi connectivity index (χ2v) is 6.90. The highest BCUT2D eigenvalue weighted by molar-refractivity contribution is 5.74. The zero-order valence-electron chi connectivity index (χ0n) is 15.9. The summed E-state index contributed by atoms with van der Waals surface area (Å²) in [5.74, 6) is 7.34. The fraction of sp³-hybridized carbons (Fsp3) is 0.333. The van der Waals surface area contributed by atoms with Gasteiger partial charge in [0.2, 0.25) is 0 Å². The number of nitrogens with zero attached hydrogens (tertiary/aromatic N) is 3. The van der Waals surface area contributed by atoms with Crippen molar-refractivity contribution in [2.75, 3.05) is 0 Å². The van der Waals surface area contributed by atoms with E-state index in [1.54, 1.807) is 10.6 Å². The van der Waals surface area contributed by atoms with E-state index in [9.17, 15) is 0 Å². The van der Waals surface area contributed by atoms with E-state index in [1.807, 2.05) is 42.8 Å². The maximum absolute atomic E-state index is 4.78. The molecule has 0 N–H and O–H groups in total. The zero-order valence-corrected chi connectivity index (χ0v) is 15.9. The molecule has 27 heavy (non-hydrogen) atoms. The second kappa shape index (κ2) is 9.73. The van der Waals surface area contributed by atoms with Crippen LogP contribution in [0.25, 0.3) is 11.2 Å².